The zero-order valence-electron chi connectivity index (χ0n) is 13.5. The van der Waals surface area contributed by atoms with E-state index in [1.54, 1.807) is 0 Å². The summed E-state index contributed by atoms with van der Waals surface area (Å²) in [5.74, 6) is 0. The third kappa shape index (κ3) is 1.77. The molecule has 0 bridgehead atoms. The fourth-order valence-electron chi connectivity index (χ4n) is 4.03. The molecule has 0 unspecified atom stereocenters. The lowest BCUT2D eigenvalue weighted by Gasteiger charge is -2.06. The van der Waals surface area contributed by atoms with E-state index in [2.05, 4.69) is 60.7 Å². The van der Waals surface area contributed by atoms with Gasteiger partial charge in [0.15, 0.2) is 0 Å². The maximum Gasteiger partial charge on any atom is 0.136 e. The van der Waals surface area contributed by atoms with Crippen LogP contribution in [0.15, 0.2) is 71.2 Å². The highest BCUT2D eigenvalue weighted by Gasteiger charge is 2.18. The Labute approximate surface area is 148 Å². The summed E-state index contributed by atoms with van der Waals surface area (Å²) < 4.78 is 7.46. The van der Waals surface area contributed by atoms with Gasteiger partial charge in [-0.2, -0.15) is 0 Å². The molecule has 0 saturated carbocycles. The lowest BCUT2D eigenvalue weighted by atomic mass is 9.97. The normalized spacial score (nSPS) is 13.3. The summed E-state index contributed by atoms with van der Waals surface area (Å²) in [5, 5.41) is 3.80. The van der Waals surface area contributed by atoms with Crippen LogP contribution in [0, 0.1) is 0 Å². The Morgan fingerprint density at radius 2 is 1.56 bits per heavy atom. The molecule has 6 rings (SSSR count). The summed E-state index contributed by atoms with van der Waals surface area (Å²) in [4.78, 5) is 1.41. The Morgan fingerprint density at radius 1 is 0.760 bits per heavy atom. The van der Waals surface area contributed by atoms with Crippen LogP contribution in [0.5, 0.6) is 0 Å². The van der Waals surface area contributed by atoms with E-state index in [0.29, 0.717) is 0 Å². The van der Waals surface area contributed by atoms with Crippen molar-refractivity contribution in [2.75, 3.05) is 0 Å². The fourth-order valence-corrected chi connectivity index (χ4v) is 5.32. The van der Waals surface area contributed by atoms with Gasteiger partial charge in [-0.1, -0.05) is 54.6 Å². The lowest BCUT2D eigenvalue weighted by Crippen LogP contribution is -1.81. The van der Waals surface area contributed by atoms with Crippen LogP contribution in [0.4, 0.5) is 0 Å². The molecule has 0 radical (unpaired) electrons. The Bertz CT molecular complexity index is 1320. The first kappa shape index (κ1) is 13.5. The molecule has 25 heavy (non-hydrogen) atoms. The summed E-state index contributed by atoms with van der Waals surface area (Å²) in [6.07, 6.45) is 5.58. The van der Waals surface area contributed by atoms with Crippen LogP contribution in [0.3, 0.4) is 0 Å². The number of rotatable bonds is 1. The molecule has 2 aromatic heterocycles. The van der Waals surface area contributed by atoms with E-state index in [0.717, 1.165) is 17.6 Å². The van der Waals surface area contributed by atoms with Gasteiger partial charge < -0.3 is 4.42 Å². The summed E-state index contributed by atoms with van der Waals surface area (Å²) in [5.41, 5.74) is 5.96. The highest BCUT2D eigenvalue weighted by molar-refractivity contribution is 7.20. The van der Waals surface area contributed by atoms with E-state index in [-0.39, 0.29) is 0 Å². The van der Waals surface area contributed by atoms with Gasteiger partial charge in [0.25, 0.3) is 0 Å². The van der Waals surface area contributed by atoms with Crippen molar-refractivity contribution in [2.24, 2.45) is 0 Å². The van der Waals surface area contributed by atoms with Gasteiger partial charge in [-0.25, -0.2) is 0 Å². The average Bonchev–Trinajstić information content (AvgIpc) is 3.33. The van der Waals surface area contributed by atoms with Gasteiger partial charge in [-0.05, 0) is 41.1 Å². The quantitative estimate of drug-likeness (QED) is 0.319. The summed E-state index contributed by atoms with van der Waals surface area (Å²) >= 11 is 1.91. The number of benzene rings is 3. The molecule has 0 atom stereocenters. The van der Waals surface area contributed by atoms with Crippen molar-refractivity contribution in [2.45, 2.75) is 6.42 Å². The second-order valence-electron chi connectivity index (χ2n) is 6.51. The van der Waals surface area contributed by atoms with Gasteiger partial charge in [0.2, 0.25) is 0 Å². The van der Waals surface area contributed by atoms with Crippen LogP contribution in [0.2, 0.25) is 0 Å². The molecule has 0 saturated heterocycles. The van der Waals surface area contributed by atoms with E-state index in [9.17, 15) is 0 Å². The SMILES string of the molecule is C1=Cc2sc3c(-c4cccc5oc6ccccc6c45)cccc3c2C1. The number of hydrogen-bond acceptors (Lipinski definition) is 2. The predicted octanol–water partition coefficient (Wildman–Crippen LogP) is 7.04. The van der Waals surface area contributed by atoms with Crippen molar-refractivity contribution in [3.05, 3.63) is 77.2 Å². The second-order valence-corrected chi connectivity index (χ2v) is 7.56. The van der Waals surface area contributed by atoms with Crippen molar-refractivity contribution in [3.8, 4) is 11.1 Å². The van der Waals surface area contributed by atoms with E-state index in [4.69, 9.17) is 4.42 Å². The van der Waals surface area contributed by atoms with Gasteiger partial charge in [0, 0.05) is 25.9 Å². The molecule has 5 aromatic rings. The van der Waals surface area contributed by atoms with Crippen molar-refractivity contribution in [1.82, 2.24) is 0 Å². The van der Waals surface area contributed by atoms with E-state index < -0.39 is 0 Å². The molecule has 1 aliphatic rings. The van der Waals surface area contributed by atoms with Crippen molar-refractivity contribution in [3.63, 3.8) is 0 Å². The molecule has 2 heteroatoms. The number of para-hydroxylation sites is 1. The van der Waals surface area contributed by atoms with E-state index in [1.807, 2.05) is 23.5 Å². The molecule has 0 aliphatic heterocycles. The fraction of sp³-hybridized carbons (Fsp3) is 0.0435. The smallest absolute Gasteiger partial charge is 0.136 e. The molecule has 1 aliphatic carbocycles. The molecular formula is C23H14OS. The van der Waals surface area contributed by atoms with Gasteiger partial charge in [-0.3, -0.25) is 0 Å². The first-order valence-corrected chi connectivity index (χ1v) is 9.33. The molecule has 3 aromatic carbocycles. The van der Waals surface area contributed by atoms with Gasteiger partial charge in [0.1, 0.15) is 11.2 Å². The minimum Gasteiger partial charge on any atom is -0.456 e. The molecule has 1 nitrogen and oxygen atoms in total. The summed E-state index contributed by atoms with van der Waals surface area (Å²) in [7, 11) is 0. The number of thiophene rings is 1. The molecule has 0 amide bonds. The van der Waals surface area contributed by atoms with E-state index in [1.165, 1.54) is 42.4 Å². The first-order chi connectivity index (χ1) is 12.4. The lowest BCUT2D eigenvalue weighted by molar-refractivity contribution is 0.669. The van der Waals surface area contributed by atoms with Crippen LogP contribution >= 0.6 is 11.3 Å². The zero-order chi connectivity index (χ0) is 16.4. The molecule has 0 fully saturated rings. The number of hydrogen-bond donors (Lipinski definition) is 0. The van der Waals surface area contributed by atoms with Crippen LogP contribution < -0.4 is 0 Å². The zero-order valence-corrected chi connectivity index (χ0v) is 14.3. The monoisotopic (exact) mass is 338 g/mol. The van der Waals surface area contributed by atoms with Gasteiger partial charge in [0.05, 0.1) is 0 Å². The number of fused-ring (bicyclic) bond motifs is 6. The number of furan rings is 1. The third-order valence-electron chi connectivity index (χ3n) is 5.13. The average molecular weight is 338 g/mol. The minimum atomic E-state index is 0.953. The van der Waals surface area contributed by atoms with Crippen molar-refractivity contribution in [1.29, 1.82) is 0 Å². The highest BCUT2D eigenvalue weighted by atomic mass is 32.1. The van der Waals surface area contributed by atoms with E-state index >= 15 is 0 Å². The maximum absolute atomic E-state index is 6.08. The molecular weight excluding hydrogens is 324 g/mol. The van der Waals surface area contributed by atoms with Crippen LogP contribution in [-0.4, -0.2) is 0 Å². The highest BCUT2D eigenvalue weighted by Crippen LogP contribution is 2.44. The largest absolute Gasteiger partial charge is 0.456 e. The topological polar surface area (TPSA) is 13.1 Å². The molecule has 118 valence electrons. The Kier molecular flexibility index (Phi) is 2.60. The summed E-state index contributed by atoms with van der Waals surface area (Å²) in [6, 6.07) is 21.4. The third-order valence-corrected chi connectivity index (χ3v) is 6.38. The van der Waals surface area contributed by atoms with Gasteiger partial charge in [-0.15, -0.1) is 11.3 Å². The second kappa shape index (κ2) is 4.84. The van der Waals surface area contributed by atoms with Crippen LogP contribution in [0.25, 0.3) is 49.2 Å². The summed E-state index contributed by atoms with van der Waals surface area (Å²) in [6.45, 7) is 0. The van der Waals surface area contributed by atoms with Crippen LogP contribution in [-0.2, 0) is 6.42 Å². The van der Waals surface area contributed by atoms with Gasteiger partial charge >= 0.3 is 0 Å². The Morgan fingerprint density at radius 3 is 2.56 bits per heavy atom. The first-order valence-electron chi connectivity index (χ1n) is 8.52. The standard InChI is InChI=1S/C23H14OS/c1-2-11-19-18(6-1)22-15(8-4-12-20(22)24-19)17-10-3-9-16-14-7-5-13-21(14)25-23(16)17/h1-6,8-13H,7H2. The predicted molar refractivity (Wildman–Crippen MR) is 107 cm³/mol. The van der Waals surface area contributed by atoms with Crippen molar-refractivity contribution < 1.29 is 4.42 Å². The molecule has 0 N–H and O–H groups in total. The number of allylic oxidation sites excluding steroid dienone is 1. The Balaban J connectivity index is 1.76. The maximum atomic E-state index is 6.08. The Hall–Kier alpha value is -2.84. The van der Waals surface area contributed by atoms with Crippen LogP contribution in [0.1, 0.15) is 10.4 Å². The molecule has 2 heterocycles. The molecule has 0 spiro atoms. The van der Waals surface area contributed by atoms with Crippen molar-refractivity contribution >= 4 is 49.4 Å². The minimum absolute atomic E-state index is 0.953.